The summed E-state index contributed by atoms with van der Waals surface area (Å²) in [5, 5.41) is 2.45. The van der Waals surface area contributed by atoms with E-state index in [0.717, 1.165) is 43.4 Å². The molecule has 0 spiro atoms. The number of hydrogen-bond donors (Lipinski definition) is 0. The van der Waals surface area contributed by atoms with E-state index in [2.05, 4.69) is 59.5 Å². The van der Waals surface area contributed by atoms with Gasteiger partial charge >= 0.3 is 0 Å². The zero-order valence-electron chi connectivity index (χ0n) is 12.8. The van der Waals surface area contributed by atoms with Crippen LogP contribution in [0.1, 0.15) is 0 Å². The molecule has 0 bridgehead atoms. The summed E-state index contributed by atoms with van der Waals surface area (Å²) in [5.41, 5.74) is 2.18. The number of nitrogens with zero attached hydrogens (tertiary/aromatic N) is 2. The van der Waals surface area contributed by atoms with Crippen molar-refractivity contribution in [1.82, 2.24) is 4.98 Å². The molecule has 1 aromatic heterocycles. The van der Waals surface area contributed by atoms with E-state index in [0.29, 0.717) is 0 Å². The number of ether oxygens (including phenoxy) is 1. The van der Waals surface area contributed by atoms with Crippen LogP contribution < -0.4 is 4.90 Å². The van der Waals surface area contributed by atoms with E-state index in [-0.39, 0.29) is 12.4 Å². The molecule has 0 aliphatic carbocycles. The van der Waals surface area contributed by atoms with Crippen molar-refractivity contribution < 1.29 is 4.74 Å². The van der Waals surface area contributed by atoms with Gasteiger partial charge in [-0.1, -0.05) is 54.6 Å². The molecule has 2 aromatic carbocycles. The first-order chi connectivity index (χ1) is 10.9. The van der Waals surface area contributed by atoms with Crippen molar-refractivity contribution >= 4 is 29.0 Å². The zero-order chi connectivity index (χ0) is 14.8. The first kappa shape index (κ1) is 15.8. The van der Waals surface area contributed by atoms with Crippen molar-refractivity contribution in [2.45, 2.75) is 0 Å². The molecular formula is C19H19ClN2O. The zero-order valence-corrected chi connectivity index (χ0v) is 13.6. The smallest absolute Gasteiger partial charge is 0.137 e. The molecule has 4 heteroatoms. The summed E-state index contributed by atoms with van der Waals surface area (Å²) in [6.45, 7) is 3.33. The molecule has 23 heavy (non-hydrogen) atoms. The van der Waals surface area contributed by atoms with Crippen molar-refractivity contribution in [3.8, 4) is 11.3 Å². The van der Waals surface area contributed by atoms with Gasteiger partial charge < -0.3 is 9.64 Å². The van der Waals surface area contributed by atoms with E-state index in [1.54, 1.807) is 0 Å². The maximum absolute atomic E-state index is 5.48. The minimum Gasteiger partial charge on any atom is -0.378 e. The number of morpholine rings is 1. The van der Waals surface area contributed by atoms with Crippen molar-refractivity contribution in [1.29, 1.82) is 0 Å². The summed E-state index contributed by atoms with van der Waals surface area (Å²) in [5.74, 6) is 1.07. The molecule has 1 aliphatic rings. The Balaban J connectivity index is 0.00000156. The largest absolute Gasteiger partial charge is 0.378 e. The van der Waals surface area contributed by atoms with Crippen LogP contribution in [0.15, 0.2) is 60.7 Å². The minimum atomic E-state index is 0. The van der Waals surface area contributed by atoms with Crippen LogP contribution in [0.3, 0.4) is 0 Å². The normalized spacial score (nSPS) is 14.5. The molecule has 2 heterocycles. The topological polar surface area (TPSA) is 25.4 Å². The van der Waals surface area contributed by atoms with Gasteiger partial charge in [-0.3, -0.25) is 0 Å². The van der Waals surface area contributed by atoms with E-state index in [9.17, 15) is 0 Å². The van der Waals surface area contributed by atoms with Crippen LogP contribution in [-0.2, 0) is 4.74 Å². The van der Waals surface area contributed by atoms with E-state index < -0.39 is 0 Å². The third-order valence-corrected chi connectivity index (χ3v) is 4.10. The highest BCUT2D eigenvalue weighted by Crippen LogP contribution is 2.30. The number of fused-ring (bicyclic) bond motifs is 1. The second-order valence-corrected chi connectivity index (χ2v) is 5.52. The highest BCUT2D eigenvalue weighted by molar-refractivity contribution is 5.95. The summed E-state index contributed by atoms with van der Waals surface area (Å²) in [6.07, 6.45) is 0. The number of hydrogen-bond acceptors (Lipinski definition) is 3. The molecule has 0 saturated carbocycles. The molecule has 0 radical (unpaired) electrons. The Labute approximate surface area is 142 Å². The Kier molecular flexibility index (Phi) is 4.79. The SMILES string of the molecule is Cl.c1ccc(-c2cc3ccccc3c(N3CCOCC3)n2)cc1. The molecule has 4 rings (SSSR count). The third kappa shape index (κ3) is 3.16. The highest BCUT2D eigenvalue weighted by Gasteiger charge is 2.16. The number of aromatic nitrogens is 1. The second kappa shape index (κ2) is 6.99. The van der Waals surface area contributed by atoms with Gasteiger partial charge in [-0.2, -0.15) is 0 Å². The summed E-state index contributed by atoms with van der Waals surface area (Å²) < 4.78 is 5.48. The van der Waals surface area contributed by atoms with Gasteiger partial charge in [0.2, 0.25) is 0 Å². The molecule has 3 aromatic rings. The maximum Gasteiger partial charge on any atom is 0.137 e. The van der Waals surface area contributed by atoms with Gasteiger partial charge in [0.15, 0.2) is 0 Å². The minimum absolute atomic E-state index is 0. The maximum atomic E-state index is 5.48. The van der Waals surface area contributed by atoms with Gasteiger partial charge in [-0.25, -0.2) is 4.98 Å². The predicted octanol–water partition coefficient (Wildman–Crippen LogP) is 4.16. The fourth-order valence-corrected chi connectivity index (χ4v) is 2.95. The van der Waals surface area contributed by atoms with Crippen molar-refractivity contribution in [2.75, 3.05) is 31.2 Å². The molecule has 0 amide bonds. The van der Waals surface area contributed by atoms with Crippen LogP contribution in [-0.4, -0.2) is 31.3 Å². The average molecular weight is 327 g/mol. The van der Waals surface area contributed by atoms with Crippen LogP contribution in [0.4, 0.5) is 5.82 Å². The van der Waals surface area contributed by atoms with E-state index in [1.165, 1.54) is 10.8 Å². The average Bonchev–Trinajstić information content (AvgIpc) is 2.62. The second-order valence-electron chi connectivity index (χ2n) is 5.52. The molecule has 0 N–H and O–H groups in total. The molecule has 1 fully saturated rings. The lowest BCUT2D eigenvalue weighted by Gasteiger charge is -2.29. The number of benzene rings is 2. The molecule has 118 valence electrons. The molecule has 1 aliphatic heterocycles. The summed E-state index contributed by atoms with van der Waals surface area (Å²) in [6, 6.07) is 21.0. The van der Waals surface area contributed by atoms with Crippen LogP contribution in [0.2, 0.25) is 0 Å². The molecular weight excluding hydrogens is 308 g/mol. The molecule has 0 atom stereocenters. The monoisotopic (exact) mass is 326 g/mol. The van der Waals surface area contributed by atoms with Crippen LogP contribution in [0, 0.1) is 0 Å². The third-order valence-electron chi connectivity index (χ3n) is 4.10. The highest BCUT2D eigenvalue weighted by atomic mass is 35.5. The standard InChI is InChI=1S/C19H18N2O.ClH/c1-2-6-15(7-3-1)18-14-16-8-4-5-9-17(16)19(20-18)21-10-12-22-13-11-21;/h1-9,14H,10-13H2;1H. The Bertz CT molecular complexity index is 786. The fraction of sp³-hybridized carbons (Fsp3) is 0.211. The lowest BCUT2D eigenvalue weighted by atomic mass is 10.1. The van der Waals surface area contributed by atoms with Gasteiger partial charge in [0.25, 0.3) is 0 Å². The lowest BCUT2D eigenvalue weighted by molar-refractivity contribution is 0.122. The quantitative estimate of drug-likeness (QED) is 0.707. The molecule has 3 nitrogen and oxygen atoms in total. The Hall–Kier alpha value is -2.10. The van der Waals surface area contributed by atoms with Gasteiger partial charge in [-0.15, -0.1) is 12.4 Å². The first-order valence-corrected chi connectivity index (χ1v) is 7.70. The summed E-state index contributed by atoms with van der Waals surface area (Å²) >= 11 is 0. The Morgan fingerprint density at radius 1 is 0.870 bits per heavy atom. The van der Waals surface area contributed by atoms with Crippen molar-refractivity contribution in [3.63, 3.8) is 0 Å². The van der Waals surface area contributed by atoms with Crippen LogP contribution in [0.25, 0.3) is 22.0 Å². The predicted molar refractivity (Wildman–Crippen MR) is 97.5 cm³/mol. The summed E-state index contributed by atoms with van der Waals surface area (Å²) in [4.78, 5) is 7.30. The fourth-order valence-electron chi connectivity index (χ4n) is 2.95. The van der Waals surface area contributed by atoms with Crippen LogP contribution >= 0.6 is 12.4 Å². The number of rotatable bonds is 2. The van der Waals surface area contributed by atoms with E-state index in [1.807, 2.05) is 6.07 Å². The number of anilines is 1. The Morgan fingerprint density at radius 3 is 2.35 bits per heavy atom. The van der Waals surface area contributed by atoms with Gasteiger partial charge in [0.05, 0.1) is 18.9 Å². The Morgan fingerprint density at radius 2 is 1.57 bits per heavy atom. The summed E-state index contributed by atoms with van der Waals surface area (Å²) in [7, 11) is 0. The number of pyridine rings is 1. The van der Waals surface area contributed by atoms with Crippen molar-refractivity contribution in [2.24, 2.45) is 0 Å². The van der Waals surface area contributed by atoms with Gasteiger partial charge in [0.1, 0.15) is 5.82 Å². The van der Waals surface area contributed by atoms with E-state index >= 15 is 0 Å². The van der Waals surface area contributed by atoms with Gasteiger partial charge in [-0.05, 0) is 11.5 Å². The number of halogens is 1. The van der Waals surface area contributed by atoms with Gasteiger partial charge in [0, 0.05) is 24.0 Å². The first-order valence-electron chi connectivity index (χ1n) is 7.70. The lowest BCUT2D eigenvalue weighted by Crippen LogP contribution is -2.36. The van der Waals surface area contributed by atoms with Crippen molar-refractivity contribution in [3.05, 3.63) is 60.7 Å². The van der Waals surface area contributed by atoms with Crippen LogP contribution in [0.5, 0.6) is 0 Å². The van der Waals surface area contributed by atoms with E-state index in [4.69, 9.17) is 9.72 Å². The molecule has 0 unspecified atom stereocenters. The molecule has 1 saturated heterocycles.